The SMILES string of the molecule is CC(C)CC(=O)Nc1cccc(CNC(=O)CC(C)C2CCCNC2)c1. The number of anilines is 1. The molecule has 3 N–H and O–H groups in total. The highest BCUT2D eigenvalue weighted by atomic mass is 16.2. The largest absolute Gasteiger partial charge is 0.352 e. The molecule has 5 nitrogen and oxygen atoms in total. The van der Waals surface area contributed by atoms with Crippen LogP contribution in [-0.4, -0.2) is 24.9 Å². The topological polar surface area (TPSA) is 70.2 Å². The van der Waals surface area contributed by atoms with Crippen LogP contribution in [0, 0.1) is 17.8 Å². The Morgan fingerprint density at radius 2 is 2.00 bits per heavy atom. The van der Waals surface area contributed by atoms with Crippen LogP contribution in [0.1, 0.15) is 52.0 Å². The van der Waals surface area contributed by atoms with Crippen molar-refractivity contribution < 1.29 is 9.59 Å². The molecule has 1 aromatic rings. The summed E-state index contributed by atoms with van der Waals surface area (Å²) >= 11 is 0. The number of hydrogen-bond acceptors (Lipinski definition) is 3. The van der Waals surface area contributed by atoms with Gasteiger partial charge >= 0.3 is 0 Å². The number of carbonyl (C=O) groups is 2. The molecule has 0 radical (unpaired) electrons. The van der Waals surface area contributed by atoms with Crippen molar-refractivity contribution in [2.24, 2.45) is 17.8 Å². The fourth-order valence-corrected chi connectivity index (χ4v) is 3.44. The summed E-state index contributed by atoms with van der Waals surface area (Å²) in [6.07, 6.45) is 3.48. The van der Waals surface area contributed by atoms with Crippen LogP contribution >= 0.6 is 0 Å². The normalized spacial score (nSPS) is 18.4. The number of hydrogen-bond donors (Lipinski definition) is 3. The van der Waals surface area contributed by atoms with E-state index in [9.17, 15) is 9.59 Å². The average Bonchev–Trinajstić information content (AvgIpc) is 2.60. The van der Waals surface area contributed by atoms with E-state index in [4.69, 9.17) is 0 Å². The maximum atomic E-state index is 12.3. The number of piperidine rings is 1. The Hall–Kier alpha value is -1.88. The third-order valence-electron chi connectivity index (χ3n) is 4.94. The summed E-state index contributed by atoms with van der Waals surface area (Å²) in [6.45, 7) is 8.82. The molecule has 1 aromatic carbocycles. The molecule has 1 heterocycles. The molecule has 2 unspecified atom stereocenters. The predicted molar refractivity (Wildman–Crippen MR) is 106 cm³/mol. The fraction of sp³-hybridized carbons (Fsp3) is 0.619. The lowest BCUT2D eigenvalue weighted by atomic mass is 9.85. The molecule has 1 aliphatic rings. The first-order valence-corrected chi connectivity index (χ1v) is 9.80. The fourth-order valence-electron chi connectivity index (χ4n) is 3.44. The zero-order valence-electron chi connectivity index (χ0n) is 16.3. The molecule has 0 aromatic heterocycles. The van der Waals surface area contributed by atoms with Gasteiger partial charge in [0.1, 0.15) is 0 Å². The summed E-state index contributed by atoms with van der Waals surface area (Å²) in [5.41, 5.74) is 1.77. The van der Waals surface area contributed by atoms with Crippen LogP contribution in [0.2, 0.25) is 0 Å². The molecule has 26 heavy (non-hydrogen) atoms. The molecule has 5 heteroatoms. The second-order valence-corrected chi connectivity index (χ2v) is 7.91. The van der Waals surface area contributed by atoms with E-state index in [1.807, 2.05) is 38.1 Å². The van der Waals surface area contributed by atoms with Crippen molar-refractivity contribution in [3.8, 4) is 0 Å². The van der Waals surface area contributed by atoms with E-state index in [2.05, 4.69) is 22.9 Å². The Balaban J connectivity index is 1.78. The molecule has 0 spiro atoms. The van der Waals surface area contributed by atoms with Crippen LogP contribution in [0.4, 0.5) is 5.69 Å². The van der Waals surface area contributed by atoms with Gasteiger partial charge in [-0.3, -0.25) is 9.59 Å². The minimum atomic E-state index is 0.0242. The average molecular weight is 360 g/mol. The number of rotatable bonds is 8. The van der Waals surface area contributed by atoms with E-state index in [-0.39, 0.29) is 11.8 Å². The number of carbonyl (C=O) groups excluding carboxylic acids is 2. The first-order valence-electron chi connectivity index (χ1n) is 9.80. The molecule has 2 atom stereocenters. The number of nitrogens with one attached hydrogen (secondary N) is 3. The summed E-state index contributed by atoms with van der Waals surface area (Å²) in [6, 6.07) is 7.67. The molecule has 0 bridgehead atoms. The molecule has 1 aliphatic heterocycles. The molecular formula is C21H33N3O2. The quantitative estimate of drug-likeness (QED) is 0.667. The van der Waals surface area contributed by atoms with Crippen LogP contribution in [0.5, 0.6) is 0 Å². The minimum absolute atomic E-state index is 0.0242. The van der Waals surface area contributed by atoms with Gasteiger partial charge in [0.05, 0.1) is 0 Å². The van der Waals surface area contributed by atoms with E-state index in [1.165, 1.54) is 12.8 Å². The first kappa shape index (κ1) is 20.4. The summed E-state index contributed by atoms with van der Waals surface area (Å²) in [5.74, 6) is 1.44. The smallest absolute Gasteiger partial charge is 0.224 e. The lowest BCUT2D eigenvalue weighted by Gasteiger charge is -2.28. The van der Waals surface area contributed by atoms with Crippen LogP contribution in [0.15, 0.2) is 24.3 Å². The van der Waals surface area contributed by atoms with Crippen molar-refractivity contribution in [2.45, 2.75) is 53.0 Å². The van der Waals surface area contributed by atoms with Gasteiger partial charge in [0, 0.05) is 25.1 Å². The van der Waals surface area contributed by atoms with E-state index < -0.39 is 0 Å². The number of amides is 2. The van der Waals surface area contributed by atoms with Gasteiger partial charge in [0.25, 0.3) is 0 Å². The van der Waals surface area contributed by atoms with Crippen molar-refractivity contribution in [3.05, 3.63) is 29.8 Å². The lowest BCUT2D eigenvalue weighted by molar-refractivity contribution is -0.122. The van der Waals surface area contributed by atoms with Gasteiger partial charge in [-0.25, -0.2) is 0 Å². The zero-order valence-corrected chi connectivity index (χ0v) is 16.3. The first-order chi connectivity index (χ1) is 12.4. The zero-order chi connectivity index (χ0) is 18.9. The third kappa shape index (κ3) is 7.16. The summed E-state index contributed by atoms with van der Waals surface area (Å²) in [5, 5.41) is 9.34. The van der Waals surface area contributed by atoms with Crippen LogP contribution in [0.25, 0.3) is 0 Å². The van der Waals surface area contributed by atoms with Crippen molar-refractivity contribution in [1.82, 2.24) is 10.6 Å². The Labute approximate surface area is 157 Å². The predicted octanol–water partition coefficient (Wildman–Crippen LogP) is 3.31. The Bertz CT molecular complexity index is 595. The van der Waals surface area contributed by atoms with E-state index in [1.54, 1.807) is 0 Å². The van der Waals surface area contributed by atoms with Gasteiger partial charge in [-0.2, -0.15) is 0 Å². The molecule has 144 valence electrons. The Morgan fingerprint density at radius 1 is 1.19 bits per heavy atom. The van der Waals surface area contributed by atoms with Gasteiger partial charge in [-0.15, -0.1) is 0 Å². The second kappa shape index (κ2) is 10.3. The Morgan fingerprint density at radius 3 is 2.69 bits per heavy atom. The molecule has 2 rings (SSSR count). The maximum Gasteiger partial charge on any atom is 0.224 e. The molecule has 2 amide bonds. The highest BCUT2D eigenvalue weighted by Gasteiger charge is 2.21. The lowest BCUT2D eigenvalue weighted by Crippen LogP contribution is -2.35. The highest BCUT2D eigenvalue weighted by molar-refractivity contribution is 5.90. The van der Waals surface area contributed by atoms with Gasteiger partial charge in [0.2, 0.25) is 11.8 Å². The van der Waals surface area contributed by atoms with Gasteiger partial charge in [-0.1, -0.05) is 32.9 Å². The summed E-state index contributed by atoms with van der Waals surface area (Å²) in [4.78, 5) is 24.1. The third-order valence-corrected chi connectivity index (χ3v) is 4.94. The molecule has 0 aliphatic carbocycles. The molecular weight excluding hydrogens is 326 g/mol. The summed E-state index contributed by atoms with van der Waals surface area (Å²) in [7, 11) is 0. The standard InChI is InChI=1S/C21H33N3O2/c1-15(2)10-21(26)24-19-8-4-6-17(12-19)13-23-20(25)11-16(3)18-7-5-9-22-14-18/h4,6,8,12,15-16,18,22H,5,7,9-11,13-14H2,1-3H3,(H,23,25)(H,24,26). The van der Waals surface area contributed by atoms with Gasteiger partial charge in [0.15, 0.2) is 0 Å². The van der Waals surface area contributed by atoms with E-state index in [0.717, 1.165) is 24.3 Å². The van der Waals surface area contributed by atoms with E-state index >= 15 is 0 Å². The Kier molecular flexibility index (Phi) is 8.10. The van der Waals surface area contributed by atoms with Gasteiger partial charge in [-0.05, 0) is 61.4 Å². The maximum absolute atomic E-state index is 12.3. The summed E-state index contributed by atoms with van der Waals surface area (Å²) < 4.78 is 0. The van der Waals surface area contributed by atoms with Gasteiger partial charge < -0.3 is 16.0 Å². The van der Waals surface area contributed by atoms with Crippen molar-refractivity contribution >= 4 is 17.5 Å². The van der Waals surface area contributed by atoms with Crippen LogP contribution in [-0.2, 0) is 16.1 Å². The second-order valence-electron chi connectivity index (χ2n) is 7.91. The molecule has 1 fully saturated rings. The highest BCUT2D eigenvalue weighted by Crippen LogP contribution is 2.22. The minimum Gasteiger partial charge on any atom is -0.352 e. The van der Waals surface area contributed by atoms with E-state index in [0.29, 0.717) is 37.1 Å². The van der Waals surface area contributed by atoms with Crippen LogP contribution in [0.3, 0.4) is 0 Å². The molecule has 1 saturated heterocycles. The van der Waals surface area contributed by atoms with Crippen molar-refractivity contribution in [2.75, 3.05) is 18.4 Å². The molecule has 0 saturated carbocycles. The van der Waals surface area contributed by atoms with Crippen molar-refractivity contribution in [1.29, 1.82) is 0 Å². The van der Waals surface area contributed by atoms with Crippen LogP contribution < -0.4 is 16.0 Å². The number of benzene rings is 1. The van der Waals surface area contributed by atoms with Crippen molar-refractivity contribution in [3.63, 3.8) is 0 Å². The monoisotopic (exact) mass is 359 g/mol.